The molecule has 8 nitrogen and oxygen atoms in total. The molecule has 2 aromatic rings. The van der Waals surface area contributed by atoms with Gasteiger partial charge in [-0.05, 0) is 31.2 Å². The number of sulfonamides is 1. The van der Waals surface area contributed by atoms with Crippen molar-refractivity contribution in [2.75, 3.05) is 27.4 Å². The molecule has 0 aliphatic heterocycles. The summed E-state index contributed by atoms with van der Waals surface area (Å²) in [6.07, 6.45) is 0. The quantitative estimate of drug-likeness (QED) is 0.493. The highest BCUT2D eigenvalue weighted by atomic mass is 32.2. The van der Waals surface area contributed by atoms with Crippen LogP contribution < -0.4 is 14.2 Å². The number of hydrogen-bond donors (Lipinski definition) is 1. The number of ether oxygens (including phenoxy) is 3. The Morgan fingerprint density at radius 1 is 1.07 bits per heavy atom. The number of Topliss-reactive ketones (excluding diaryl/α,β-unsaturated/α-hetero) is 1. The molecule has 0 saturated carbocycles. The van der Waals surface area contributed by atoms with E-state index in [-0.39, 0.29) is 16.4 Å². The fourth-order valence-electron chi connectivity index (χ4n) is 2.07. The molecule has 0 fully saturated rings. The first kappa shape index (κ1) is 20.9. The maximum atomic E-state index is 12.3. The molecule has 0 saturated heterocycles. The number of thiophene rings is 1. The maximum absolute atomic E-state index is 12.3. The number of hydrogen-bond acceptors (Lipinski definition) is 8. The Kier molecular flexibility index (Phi) is 6.94. The summed E-state index contributed by atoms with van der Waals surface area (Å²) in [4.78, 5) is 25.0. The van der Waals surface area contributed by atoms with Crippen molar-refractivity contribution in [3.8, 4) is 11.5 Å². The third kappa shape index (κ3) is 5.52. The van der Waals surface area contributed by atoms with Gasteiger partial charge in [-0.25, -0.2) is 8.42 Å². The molecule has 0 unspecified atom stereocenters. The maximum Gasteiger partial charge on any atom is 0.321 e. The topological polar surface area (TPSA) is 108 Å². The minimum atomic E-state index is -3.97. The van der Waals surface area contributed by atoms with Crippen LogP contribution in [-0.2, 0) is 19.6 Å². The van der Waals surface area contributed by atoms with Gasteiger partial charge in [0.25, 0.3) is 0 Å². The number of nitrogens with one attached hydrogen (secondary N) is 1. The summed E-state index contributed by atoms with van der Waals surface area (Å²) in [5.41, 5.74) is 0. The molecule has 0 amide bonds. The molecule has 2 rings (SSSR count). The predicted molar refractivity (Wildman–Crippen MR) is 99.1 cm³/mol. The Morgan fingerprint density at radius 3 is 2.37 bits per heavy atom. The molecule has 0 bridgehead atoms. The van der Waals surface area contributed by atoms with Gasteiger partial charge in [-0.2, -0.15) is 4.72 Å². The molecule has 0 radical (unpaired) electrons. The van der Waals surface area contributed by atoms with E-state index in [2.05, 4.69) is 4.72 Å². The van der Waals surface area contributed by atoms with Crippen LogP contribution in [0.2, 0.25) is 0 Å². The summed E-state index contributed by atoms with van der Waals surface area (Å²) in [5, 5.41) is 0. The fourth-order valence-corrected chi connectivity index (χ4v) is 3.85. The van der Waals surface area contributed by atoms with Crippen molar-refractivity contribution < 1.29 is 32.2 Å². The van der Waals surface area contributed by atoms with E-state index in [1.54, 1.807) is 12.1 Å². The van der Waals surface area contributed by atoms with Crippen LogP contribution in [0.4, 0.5) is 0 Å². The lowest BCUT2D eigenvalue weighted by Crippen LogP contribution is -2.31. The SMILES string of the molecule is COc1ccc(S(=O)(=O)NCC(=O)OCC(=O)c2ccc(C)s2)cc1OC. The fraction of sp³-hybridized carbons (Fsp3) is 0.294. The highest BCUT2D eigenvalue weighted by Crippen LogP contribution is 2.29. The van der Waals surface area contributed by atoms with Gasteiger partial charge in [0.05, 0.1) is 24.0 Å². The zero-order valence-corrected chi connectivity index (χ0v) is 16.6. The number of benzene rings is 1. The molecule has 0 atom stereocenters. The van der Waals surface area contributed by atoms with Crippen LogP contribution in [0.3, 0.4) is 0 Å². The van der Waals surface area contributed by atoms with Crippen molar-refractivity contribution in [1.82, 2.24) is 4.72 Å². The van der Waals surface area contributed by atoms with Crippen molar-refractivity contribution in [2.24, 2.45) is 0 Å². The first-order chi connectivity index (χ1) is 12.8. The third-order valence-corrected chi connectivity index (χ3v) is 5.89. The van der Waals surface area contributed by atoms with Crippen molar-refractivity contribution in [3.63, 3.8) is 0 Å². The first-order valence-electron chi connectivity index (χ1n) is 7.74. The van der Waals surface area contributed by atoms with Crippen LogP contribution in [0.1, 0.15) is 14.5 Å². The predicted octanol–water partition coefficient (Wildman–Crippen LogP) is 1.78. The number of carbonyl (C=O) groups is 2. The van der Waals surface area contributed by atoms with Crippen molar-refractivity contribution in [1.29, 1.82) is 0 Å². The average Bonchev–Trinajstić information content (AvgIpc) is 3.10. The molecule has 1 N–H and O–H groups in total. The van der Waals surface area contributed by atoms with E-state index in [9.17, 15) is 18.0 Å². The van der Waals surface area contributed by atoms with Gasteiger partial charge < -0.3 is 14.2 Å². The van der Waals surface area contributed by atoms with Gasteiger partial charge in [0.2, 0.25) is 15.8 Å². The average molecular weight is 413 g/mol. The zero-order valence-electron chi connectivity index (χ0n) is 15.0. The molecule has 146 valence electrons. The Hall–Kier alpha value is -2.43. The summed E-state index contributed by atoms with van der Waals surface area (Å²) in [7, 11) is -1.16. The Morgan fingerprint density at radius 2 is 1.78 bits per heavy atom. The second kappa shape index (κ2) is 8.98. The van der Waals surface area contributed by atoms with Crippen LogP contribution in [0.5, 0.6) is 11.5 Å². The van der Waals surface area contributed by atoms with Crippen LogP contribution >= 0.6 is 11.3 Å². The second-order valence-corrected chi connectivity index (χ2v) is 8.39. The van der Waals surface area contributed by atoms with E-state index in [1.165, 1.54) is 43.8 Å². The van der Waals surface area contributed by atoms with E-state index in [0.29, 0.717) is 10.6 Å². The van der Waals surface area contributed by atoms with Crippen molar-refractivity contribution in [3.05, 3.63) is 40.1 Å². The van der Waals surface area contributed by atoms with Gasteiger partial charge in [0, 0.05) is 10.9 Å². The lowest BCUT2D eigenvalue weighted by molar-refractivity contribution is -0.141. The molecule has 1 aromatic heterocycles. The van der Waals surface area contributed by atoms with Gasteiger partial charge in [-0.1, -0.05) is 0 Å². The van der Waals surface area contributed by atoms with Gasteiger partial charge in [0.15, 0.2) is 18.1 Å². The van der Waals surface area contributed by atoms with Crippen LogP contribution in [0.15, 0.2) is 35.2 Å². The lowest BCUT2D eigenvalue weighted by atomic mass is 10.3. The molecular formula is C17H19NO7S2. The van der Waals surface area contributed by atoms with Crippen LogP contribution in [0, 0.1) is 6.92 Å². The molecule has 0 aliphatic rings. The van der Waals surface area contributed by atoms with E-state index in [1.807, 2.05) is 6.92 Å². The Balaban J connectivity index is 1.92. The van der Waals surface area contributed by atoms with Crippen molar-refractivity contribution in [2.45, 2.75) is 11.8 Å². The summed E-state index contributed by atoms with van der Waals surface area (Å²) >= 11 is 1.29. The number of rotatable bonds is 9. The van der Waals surface area contributed by atoms with Gasteiger partial charge in [-0.3, -0.25) is 9.59 Å². The van der Waals surface area contributed by atoms with Crippen LogP contribution in [-0.4, -0.2) is 47.5 Å². The largest absolute Gasteiger partial charge is 0.493 e. The van der Waals surface area contributed by atoms with Gasteiger partial charge in [0.1, 0.15) is 6.54 Å². The number of aryl methyl sites for hydroxylation is 1. The zero-order chi connectivity index (χ0) is 20.0. The number of esters is 1. The molecule has 1 aromatic carbocycles. The monoisotopic (exact) mass is 413 g/mol. The number of ketones is 1. The first-order valence-corrected chi connectivity index (χ1v) is 10.0. The minimum Gasteiger partial charge on any atom is -0.493 e. The van der Waals surface area contributed by atoms with Gasteiger partial charge in [-0.15, -0.1) is 11.3 Å². The molecule has 27 heavy (non-hydrogen) atoms. The standard InChI is InChI=1S/C17H19NO7S2/c1-11-4-7-16(26-11)13(19)10-25-17(20)9-18-27(21,22)12-5-6-14(23-2)15(8-12)24-3/h4-8,18H,9-10H2,1-3H3. The van der Waals surface area contributed by atoms with E-state index >= 15 is 0 Å². The van der Waals surface area contributed by atoms with Crippen molar-refractivity contribution >= 4 is 33.1 Å². The minimum absolute atomic E-state index is 0.0990. The lowest BCUT2D eigenvalue weighted by Gasteiger charge is -2.11. The summed E-state index contributed by atoms with van der Waals surface area (Å²) < 4.78 is 41.6. The molecule has 10 heteroatoms. The molecule has 1 heterocycles. The van der Waals surface area contributed by atoms with E-state index < -0.39 is 29.1 Å². The highest BCUT2D eigenvalue weighted by Gasteiger charge is 2.19. The second-order valence-electron chi connectivity index (χ2n) is 5.34. The van der Waals surface area contributed by atoms with Gasteiger partial charge >= 0.3 is 5.97 Å². The number of methoxy groups -OCH3 is 2. The molecular weight excluding hydrogens is 394 g/mol. The third-order valence-electron chi connectivity index (χ3n) is 3.45. The summed E-state index contributed by atoms with van der Waals surface area (Å²) in [6, 6.07) is 7.47. The number of carbonyl (C=O) groups excluding carboxylic acids is 2. The Bertz CT molecular complexity index is 935. The van der Waals surface area contributed by atoms with Crippen LogP contribution in [0.25, 0.3) is 0 Å². The normalized spacial score (nSPS) is 11.1. The summed E-state index contributed by atoms with van der Waals surface area (Å²) in [5.74, 6) is -0.595. The highest BCUT2D eigenvalue weighted by molar-refractivity contribution is 7.89. The smallest absolute Gasteiger partial charge is 0.321 e. The molecule has 0 spiro atoms. The Labute approximate surface area is 161 Å². The van der Waals surface area contributed by atoms with E-state index in [4.69, 9.17) is 14.2 Å². The van der Waals surface area contributed by atoms with E-state index in [0.717, 1.165) is 4.88 Å². The summed E-state index contributed by atoms with van der Waals surface area (Å²) in [6.45, 7) is 0.806. The molecule has 0 aliphatic carbocycles.